The van der Waals surface area contributed by atoms with Crippen molar-refractivity contribution in [3.63, 3.8) is 0 Å². The molecule has 0 bridgehead atoms. The Labute approximate surface area is 164 Å². The van der Waals surface area contributed by atoms with Crippen LogP contribution in [0.25, 0.3) is 0 Å². The van der Waals surface area contributed by atoms with Gasteiger partial charge < -0.3 is 14.4 Å². The van der Waals surface area contributed by atoms with Gasteiger partial charge in [-0.2, -0.15) is 0 Å². The molecular weight excluding hydrogens is 358 g/mol. The zero-order valence-corrected chi connectivity index (χ0v) is 15.7. The number of thioether (sulfide) groups is 1. The van der Waals surface area contributed by atoms with Crippen molar-refractivity contribution >= 4 is 17.7 Å². The molecule has 0 spiro atoms. The number of hydrogen-bond donors (Lipinski definition) is 0. The van der Waals surface area contributed by atoms with Gasteiger partial charge in [0.25, 0.3) is 0 Å². The molecule has 3 rings (SSSR count). The molecule has 5 heteroatoms. The fourth-order valence-corrected chi connectivity index (χ4v) is 3.32. The normalized spacial score (nSPS) is 16.9. The second-order valence-electron chi connectivity index (χ2n) is 5.99. The quantitative estimate of drug-likeness (QED) is 0.437. The monoisotopic (exact) mass is 379 g/mol. The number of amides is 1. The standard InChI is InChI=1S/C22H21NO3S/c1-2-18-7-6-8-19(15-18)26-17-20-16-23(12-13-25-20)22(24)11-14-27-21-9-4-3-5-10-21/h1,3-11,14-15,20H,12-13,16-17H2. The van der Waals surface area contributed by atoms with Crippen LogP contribution in [0.5, 0.6) is 5.75 Å². The Bertz CT molecular complexity index is 829. The van der Waals surface area contributed by atoms with Gasteiger partial charge in [0, 0.05) is 23.1 Å². The van der Waals surface area contributed by atoms with E-state index < -0.39 is 0 Å². The molecule has 1 atom stereocenters. The van der Waals surface area contributed by atoms with Gasteiger partial charge in [0.2, 0.25) is 5.91 Å². The lowest BCUT2D eigenvalue weighted by molar-refractivity contribution is -0.134. The van der Waals surface area contributed by atoms with Crippen LogP contribution in [0.2, 0.25) is 0 Å². The topological polar surface area (TPSA) is 38.8 Å². The van der Waals surface area contributed by atoms with Gasteiger partial charge in [0.15, 0.2) is 0 Å². The Morgan fingerprint density at radius 1 is 1.30 bits per heavy atom. The third kappa shape index (κ3) is 5.92. The molecule has 0 radical (unpaired) electrons. The largest absolute Gasteiger partial charge is 0.491 e. The summed E-state index contributed by atoms with van der Waals surface area (Å²) in [5.74, 6) is 3.28. The Balaban J connectivity index is 1.48. The molecule has 0 saturated carbocycles. The van der Waals surface area contributed by atoms with Crippen LogP contribution in [0, 0.1) is 12.3 Å². The average Bonchev–Trinajstić information content (AvgIpc) is 2.73. The first-order valence-electron chi connectivity index (χ1n) is 8.73. The summed E-state index contributed by atoms with van der Waals surface area (Å²) in [5, 5.41) is 1.82. The van der Waals surface area contributed by atoms with E-state index in [1.807, 2.05) is 60.0 Å². The van der Waals surface area contributed by atoms with Crippen LogP contribution in [0.1, 0.15) is 5.56 Å². The Morgan fingerprint density at radius 2 is 2.15 bits per heavy atom. The molecule has 1 aliphatic rings. The number of terminal acetylenes is 1. The number of carbonyl (C=O) groups is 1. The van der Waals surface area contributed by atoms with E-state index in [2.05, 4.69) is 5.92 Å². The van der Waals surface area contributed by atoms with Crippen molar-refractivity contribution in [1.29, 1.82) is 0 Å². The smallest absolute Gasteiger partial charge is 0.247 e. The van der Waals surface area contributed by atoms with Crippen LogP contribution >= 0.6 is 11.8 Å². The van der Waals surface area contributed by atoms with E-state index in [0.29, 0.717) is 32.1 Å². The van der Waals surface area contributed by atoms with Crippen molar-refractivity contribution < 1.29 is 14.3 Å². The number of ether oxygens (including phenoxy) is 2. The maximum Gasteiger partial charge on any atom is 0.247 e. The number of morpholine rings is 1. The molecule has 0 N–H and O–H groups in total. The minimum absolute atomic E-state index is 0.0129. The molecule has 1 saturated heterocycles. The molecule has 2 aromatic rings. The minimum atomic E-state index is -0.160. The first-order chi connectivity index (χ1) is 13.2. The van der Waals surface area contributed by atoms with Crippen LogP contribution in [0.15, 0.2) is 71.0 Å². The summed E-state index contributed by atoms with van der Waals surface area (Å²) in [4.78, 5) is 15.3. The molecule has 27 heavy (non-hydrogen) atoms. The molecule has 4 nitrogen and oxygen atoms in total. The number of carbonyl (C=O) groups excluding carboxylic acids is 1. The molecular formula is C22H21NO3S. The highest BCUT2D eigenvalue weighted by atomic mass is 32.2. The molecule has 0 aromatic heterocycles. The number of rotatable bonds is 6. The Kier molecular flexibility index (Phi) is 6.97. The second-order valence-corrected chi connectivity index (χ2v) is 6.97. The van der Waals surface area contributed by atoms with Crippen molar-refractivity contribution in [2.75, 3.05) is 26.3 Å². The van der Waals surface area contributed by atoms with Crippen molar-refractivity contribution in [2.24, 2.45) is 0 Å². The highest BCUT2D eigenvalue weighted by Gasteiger charge is 2.23. The molecule has 1 heterocycles. The minimum Gasteiger partial charge on any atom is -0.491 e. The lowest BCUT2D eigenvalue weighted by Gasteiger charge is -2.32. The number of benzene rings is 2. The van der Waals surface area contributed by atoms with Gasteiger partial charge in [0.05, 0.1) is 13.2 Å². The van der Waals surface area contributed by atoms with E-state index in [4.69, 9.17) is 15.9 Å². The van der Waals surface area contributed by atoms with Crippen LogP contribution in [-0.2, 0) is 9.53 Å². The van der Waals surface area contributed by atoms with E-state index in [0.717, 1.165) is 10.5 Å². The number of nitrogens with zero attached hydrogens (tertiary/aromatic N) is 1. The Morgan fingerprint density at radius 3 is 2.96 bits per heavy atom. The van der Waals surface area contributed by atoms with Gasteiger partial charge in [-0.1, -0.05) is 41.9 Å². The summed E-state index contributed by atoms with van der Waals surface area (Å²) >= 11 is 1.52. The van der Waals surface area contributed by atoms with Crippen LogP contribution in [-0.4, -0.2) is 43.2 Å². The molecule has 0 aliphatic carbocycles. The number of hydrogen-bond acceptors (Lipinski definition) is 4. The summed E-state index contributed by atoms with van der Waals surface area (Å²) in [6.45, 7) is 1.97. The third-order valence-electron chi connectivity index (χ3n) is 4.04. The predicted octanol–water partition coefficient (Wildman–Crippen LogP) is 3.58. The second kappa shape index (κ2) is 9.86. The molecule has 138 valence electrons. The van der Waals surface area contributed by atoms with Crippen molar-refractivity contribution in [3.05, 3.63) is 71.6 Å². The molecule has 1 unspecified atom stereocenters. The van der Waals surface area contributed by atoms with Gasteiger partial charge in [0.1, 0.15) is 18.5 Å². The fraction of sp³-hybridized carbons (Fsp3) is 0.227. The van der Waals surface area contributed by atoms with Gasteiger partial charge in [-0.25, -0.2) is 0 Å². The SMILES string of the molecule is C#Cc1cccc(OCC2CN(C(=O)C=CSc3ccccc3)CCO2)c1. The molecule has 1 aliphatic heterocycles. The summed E-state index contributed by atoms with van der Waals surface area (Å²) in [7, 11) is 0. The highest BCUT2D eigenvalue weighted by molar-refractivity contribution is 8.02. The lowest BCUT2D eigenvalue weighted by atomic mass is 10.2. The van der Waals surface area contributed by atoms with Gasteiger partial charge in [-0.05, 0) is 35.7 Å². The van der Waals surface area contributed by atoms with Crippen molar-refractivity contribution in [2.45, 2.75) is 11.0 Å². The summed E-state index contributed by atoms with van der Waals surface area (Å²) < 4.78 is 11.5. The summed E-state index contributed by atoms with van der Waals surface area (Å²) in [5.41, 5.74) is 0.773. The molecule has 1 amide bonds. The first kappa shape index (κ1) is 19.1. The highest BCUT2D eigenvalue weighted by Crippen LogP contribution is 2.18. The van der Waals surface area contributed by atoms with Crippen LogP contribution in [0.4, 0.5) is 0 Å². The predicted molar refractivity (Wildman–Crippen MR) is 108 cm³/mol. The summed E-state index contributed by atoms with van der Waals surface area (Å²) in [6.07, 6.45) is 6.85. The van der Waals surface area contributed by atoms with Gasteiger partial charge in [-0.3, -0.25) is 4.79 Å². The Hall–Kier alpha value is -2.68. The first-order valence-corrected chi connectivity index (χ1v) is 9.61. The zero-order valence-electron chi connectivity index (χ0n) is 14.9. The molecule has 2 aromatic carbocycles. The zero-order chi connectivity index (χ0) is 18.9. The maximum atomic E-state index is 12.4. The maximum absolute atomic E-state index is 12.4. The third-order valence-corrected chi connectivity index (χ3v) is 4.86. The van der Waals surface area contributed by atoms with Crippen LogP contribution < -0.4 is 4.74 Å². The van der Waals surface area contributed by atoms with Gasteiger partial charge >= 0.3 is 0 Å². The lowest BCUT2D eigenvalue weighted by Crippen LogP contribution is -2.47. The fourth-order valence-electron chi connectivity index (χ4n) is 2.66. The van der Waals surface area contributed by atoms with Crippen LogP contribution in [0.3, 0.4) is 0 Å². The van der Waals surface area contributed by atoms with E-state index in [9.17, 15) is 4.79 Å². The van der Waals surface area contributed by atoms with Gasteiger partial charge in [-0.15, -0.1) is 6.42 Å². The van der Waals surface area contributed by atoms with E-state index >= 15 is 0 Å². The summed E-state index contributed by atoms with van der Waals surface area (Å²) in [6, 6.07) is 17.3. The van der Waals surface area contributed by atoms with E-state index in [-0.39, 0.29) is 12.0 Å². The van der Waals surface area contributed by atoms with E-state index in [1.165, 1.54) is 11.8 Å². The van der Waals surface area contributed by atoms with Crippen molar-refractivity contribution in [3.8, 4) is 18.1 Å². The van der Waals surface area contributed by atoms with Crippen molar-refractivity contribution in [1.82, 2.24) is 4.90 Å². The van der Waals surface area contributed by atoms with E-state index in [1.54, 1.807) is 11.0 Å². The molecule has 1 fully saturated rings. The average molecular weight is 379 g/mol.